The van der Waals surface area contributed by atoms with Crippen LogP contribution in [0, 0.1) is 6.92 Å². The van der Waals surface area contributed by atoms with E-state index in [1.807, 2.05) is 6.92 Å². The van der Waals surface area contributed by atoms with Crippen molar-refractivity contribution < 1.29 is 4.79 Å². The second-order valence-corrected chi connectivity index (χ2v) is 8.53. The highest BCUT2D eigenvalue weighted by Gasteiger charge is 2.29. The molecule has 4 rings (SSSR count). The third-order valence-electron chi connectivity index (χ3n) is 6.46. The zero-order chi connectivity index (χ0) is 19.8. The van der Waals surface area contributed by atoms with E-state index in [0.717, 1.165) is 57.8 Å². The molecule has 0 bridgehead atoms. The fraction of sp³-hybridized carbons (Fsp3) is 0.714. The summed E-state index contributed by atoms with van der Waals surface area (Å²) in [6.07, 6.45) is 10.2. The van der Waals surface area contributed by atoms with Crippen LogP contribution < -0.4 is 11.2 Å². The lowest BCUT2D eigenvalue weighted by Gasteiger charge is -2.28. The van der Waals surface area contributed by atoms with Gasteiger partial charge in [-0.3, -0.25) is 18.7 Å². The molecule has 7 heteroatoms. The highest BCUT2D eigenvalue weighted by Crippen LogP contribution is 2.30. The summed E-state index contributed by atoms with van der Waals surface area (Å²) in [5.41, 5.74) is 0.403. The molecule has 2 fully saturated rings. The molecule has 0 radical (unpaired) electrons. The molecule has 0 unspecified atom stereocenters. The number of nitrogens with zero attached hydrogens (tertiary/aromatic N) is 4. The lowest BCUT2D eigenvalue weighted by Crippen LogP contribution is -2.44. The van der Waals surface area contributed by atoms with Gasteiger partial charge in [0.25, 0.3) is 5.56 Å². The Kier molecular flexibility index (Phi) is 5.25. The predicted molar refractivity (Wildman–Crippen MR) is 108 cm³/mol. The number of hydrogen-bond acceptors (Lipinski definition) is 4. The lowest BCUT2D eigenvalue weighted by molar-refractivity contribution is -0.117. The molecule has 0 atom stereocenters. The maximum atomic E-state index is 13.6. The Bertz CT molecular complexity index is 1000. The largest absolute Gasteiger partial charge is 0.333 e. The summed E-state index contributed by atoms with van der Waals surface area (Å²) in [4.78, 5) is 43.5. The number of ketones is 1. The van der Waals surface area contributed by atoms with E-state index in [4.69, 9.17) is 0 Å². The number of carbonyl (C=O) groups is 1. The summed E-state index contributed by atoms with van der Waals surface area (Å²) < 4.78 is 4.99. The van der Waals surface area contributed by atoms with Crippen molar-refractivity contribution in [2.75, 3.05) is 0 Å². The van der Waals surface area contributed by atoms with Crippen LogP contribution in [-0.2, 0) is 11.3 Å². The first-order chi connectivity index (χ1) is 13.5. The van der Waals surface area contributed by atoms with Gasteiger partial charge in [-0.25, -0.2) is 9.78 Å². The molecule has 152 valence electrons. The first kappa shape index (κ1) is 19.2. The Morgan fingerprint density at radius 1 is 0.929 bits per heavy atom. The maximum Gasteiger partial charge on any atom is 0.333 e. The molecule has 0 amide bonds. The molecule has 2 aromatic rings. The van der Waals surface area contributed by atoms with Crippen molar-refractivity contribution in [2.45, 2.75) is 96.7 Å². The lowest BCUT2D eigenvalue weighted by atomic mass is 9.94. The van der Waals surface area contributed by atoms with Gasteiger partial charge in [0.2, 0.25) is 0 Å². The number of fused-ring (bicyclic) bond motifs is 1. The van der Waals surface area contributed by atoms with Crippen LogP contribution >= 0.6 is 0 Å². The van der Waals surface area contributed by atoms with Crippen LogP contribution in [0.25, 0.3) is 11.2 Å². The Hall–Kier alpha value is -2.18. The number of rotatable bonds is 4. The monoisotopic (exact) mass is 386 g/mol. The van der Waals surface area contributed by atoms with E-state index in [1.165, 1.54) is 17.9 Å². The van der Waals surface area contributed by atoms with Crippen molar-refractivity contribution in [1.82, 2.24) is 18.7 Å². The van der Waals surface area contributed by atoms with Gasteiger partial charge in [0.15, 0.2) is 11.2 Å². The van der Waals surface area contributed by atoms with E-state index < -0.39 is 0 Å². The minimum atomic E-state index is -0.277. The molecule has 0 aliphatic heterocycles. The van der Waals surface area contributed by atoms with Gasteiger partial charge in [-0.15, -0.1) is 0 Å². The SMILES string of the molecule is CC(=O)Cn1c(C)nc2c1c(=O)n(C1CCCCC1)c(=O)n2C1CCCCC1. The van der Waals surface area contributed by atoms with Gasteiger partial charge in [-0.2, -0.15) is 0 Å². The summed E-state index contributed by atoms with van der Waals surface area (Å²) in [6, 6.07) is 0.0354. The van der Waals surface area contributed by atoms with Crippen LogP contribution in [0.5, 0.6) is 0 Å². The predicted octanol–water partition coefficient (Wildman–Crippen LogP) is 3.27. The summed E-state index contributed by atoms with van der Waals surface area (Å²) in [7, 11) is 0. The molecule has 7 nitrogen and oxygen atoms in total. The van der Waals surface area contributed by atoms with Crippen LogP contribution in [0.15, 0.2) is 9.59 Å². The van der Waals surface area contributed by atoms with Crippen molar-refractivity contribution in [3.63, 3.8) is 0 Å². The zero-order valence-electron chi connectivity index (χ0n) is 16.9. The van der Waals surface area contributed by atoms with Crippen LogP contribution in [-0.4, -0.2) is 24.5 Å². The van der Waals surface area contributed by atoms with Crippen LogP contribution in [0.4, 0.5) is 0 Å². The molecule has 28 heavy (non-hydrogen) atoms. The molecule has 2 aromatic heterocycles. The molecular formula is C21H30N4O3. The second kappa shape index (κ2) is 7.68. The first-order valence-electron chi connectivity index (χ1n) is 10.7. The van der Waals surface area contributed by atoms with Gasteiger partial charge < -0.3 is 4.57 Å². The van der Waals surface area contributed by atoms with E-state index >= 15 is 0 Å². The van der Waals surface area contributed by atoms with E-state index in [0.29, 0.717) is 17.0 Å². The topological polar surface area (TPSA) is 78.9 Å². The Morgan fingerprint density at radius 3 is 2.00 bits per heavy atom. The van der Waals surface area contributed by atoms with Crippen LogP contribution in [0.3, 0.4) is 0 Å². The molecule has 2 saturated carbocycles. The number of Topliss-reactive ketones (excluding diaryl/α,β-unsaturated/α-hetero) is 1. The Balaban J connectivity index is 2.01. The minimum Gasteiger partial charge on any atom is -0.315 e. The number of aromatic nitrogens is 4. The summed E-state index contributed by atoms with van der Waals surface area (Å²) in [6.45, 7) is 3.44. The average molecular weight is 386 g/mol. The Morgan fingerprint density at radius 2 is 1.46 bits per heavy atom. The quantitative estimate of drug-likeness (QED) is 0.808. The van der Waals surface area contributed by atoms with E-state index in [1.54, 1.807) is 9.13 Å². The van der Waals surface area contributed by atoms with E-state index in [9.17, 15) is 14.4 Å². The molecule has 2 aliphatic rings. The summed E-state index contributed by atoms with van der Waals surface area (Å²) in [5, 5.41) is 0. The standard InChI is InChI=1S/C21H30N4O3/c1-14(26)13-23-15(2)22-19-18(23)20(27)25(17-11-7-4-8-12-17)21(28)24(19)16-9-5-3-6-10-16/h16-17H,3-13H2,1-2H3. The van der Waals surface area contributed by atoms with Gasteiger partial charge in [0.1, 0.15) is 11.6 Å². The van der Waals surface area contributed by atoms with E-state index in [-0.39, 0.29) is 35.7 Å². The van der Waals surface area contributed by atoms with E-state index in [2.05, 4.69) is 4.98 Å². The Labute approximate surface area is 164 Å². The van der Waals surface area contributed by atoms with Crippen molar-refractivity contribution in [2.24, 2.45) is 0 Å². The highest BCUT2D eigenvalue weighted by atomic mass is 16.2. The van der Waals surface area contributed by atoms with Gasteiger partial charge >= 0.3 is 5.69 Å². The van der Waals surface area contributed by atoms with Gasteiger partial charge in [-0.1, -0.05) is 38.5 Å². The van der Waals surface area contributed by atoms with Crippen LogP contribution in [0.1, 0.15) is 89.0 Å². The zero-order valence-corrected chi connectivity index (χ0v) is 16.9. The summed E-state index contributed by atoms with van der Waals surface area (Å²) >= 11 is 0. The fourth-order valence-corrected chi connectivity index (χ4v) is 5.08. The van der Waals surface area contributed by atoms with Crippen molar-refractivity contribution in [3.8, 4) is 0 Å². The van der Waals surface area contributed by atoms with Gasteiger partial charge in [-0.05, 0) is 39.5 Å². The smallest absolute Gasteiger partial charge is 0.315 e. The second-order valence-electron chi connectivity index (χ2n) is 8.53. The van der Waals surface area contributed by atoms with Crippen molar-refractivity contribution in [1.29, 1.82) is 0 Å². The van der Waals surface area contributed by atoms with Crippen molar-refractivity contribution >= 4 is 16.9 Å². The van der Waals surface area contributed by atoms with Gasteiger partial charge in [0.05, 0.1) is 6.54 Å². The number of hydrogen-bond donors (Lipinski definition) is 0. The fourth-order valence-electron chi connectivity index (χ4n) is 5.08. The molecule has 0 N–H and O–H groups in total. The number of imidazole rings is 1. The minimum absolute atomic E-state index is 0.0265. The molecule has 2 heterocycles. The average Bonchev–Trinajstić information content (AvgIpc) is 2.99. The third kappa shape index (κ3) is 3.25. The summed E-state index contributed by atoms with van der Waals surface area (Å²) in [5.74, 6) is 0.592. The third-order valence-corrected chi connectivity index (χ3v) is 6.46. The van der Waals surface area contributed by atoms with Gasteiger partial charge in [0, 0.05) is 12.1 Å². The maximum absolute atomic E-state index is 13.6. The molecule has 0 spiro atoms. The number of carbonyl (C=O) groups excluding carboxylic acids is 1. The molecular weight excluding hydrogens is 356 g/mol. The molecule has 0 aromatic carbocycles. The number of aryl methyl sites for hydroxylation is 1. The van der Waals surface area contributed by atoms with Crippen LogP contribution in [0.2, 0.25) is 0 Å². The first-order valence-corrected chi connectivity index (χ1v) is 10.7. The van der Waals surface area contributed by atoms with Crippen molar-refractivity contribution in [3.05, 3.63) is 26.7 Å². The molecule has 2 aliphatic carbocycles. The molecule has 0 saturated heterocycles. The highest BCUT2D eigenvalue weighted by molar-refractivity contribution is 5.79. The normalized spacial score (nSPS) is 19.4.